The van der Waals surface area contributed by atoms with Gasteiger partial charge in [-0.1, -0.05) is 13.0 Å². The van der Waals surface area contributed by atoms with E-state index in [0.717, 1.165) is 30.2 Å². The number of benzene rings is 1. The van der Waals surface area contributed by atoms with Crippen LogP contribution >= 0.6 is 0 Å². The quantitative estimate of drug-likeness (QED) is 0.903. The second-order valence-corrected chi connectivity index (χ2v) is 4.63. The maximum atomic E-state index is 12.7. The van der Waals surface area contributed by atoms with E-state index in [1.54, 1.807) is 6.07 Å². The predicted molar refractivity (Wildman–Crippen MR) is 63.9 cm³/mol. The van der Waals surface area contributed by atoms with Gasteiger partial charge in [0.15, 0.2) is 0 Å². The fraction of sp³-hybridized carbons (Fsp3) is 0.538. The molecule has 1 unspecified atom stereocenters. The fourth-order valence-electron chi connectivity index (χ4n) is 2.55. The molecule has 0 saturated carbocycles. The minimum absolute atomic E-state index is 0.0813. The average molecular weight is 258 g/mol. The molecule has 0 spiro atoms. The van der Waals surface area contributed by atoms with Crippen molar-refractivity contribution in [3.05, 3.63) is 34.9 Å². The smallest absolute Gasteiger partial charge is 0.329 e. The summed E-state index contributed by atoms with van der Waals surface area (Å²) in [4.78, 5) is 2.14. The van der Waals surface area contributed by atoms with Gasteiger partial charge in [-0.15, -0.1) is 0 Å². The minimum Gasteiger partial charge on any atom is -0.329 e. The third-order valence-electron chi connectivity index (χ3n) is 3.38. The summed E-state index contributed by atoms with van der Waals surface area (Å²) in [5.41, 5.74) is 6.82. The summed E-state index contributed by atoms with van der Waals surface area (Å²) in [5, 5.41) is 0. The monoisotopic (exact) mass is 258 g/mol. The molecule has 1 aliphatic rings. The molecule has 0 amide bonds. The van der Waals surface area contributed by atoms with Gasteiger partial charge in [0.1, 0.15) is 0 Å². The minimum atomic E-state index is -4.29. The van der Waals surface area contributed by atoms with Crippen LogP contribution in [0.25, 0.3) is 0 Å². The topological polar surface area (TPSA) is 29.3 Å². The Labute approximate surface area is 105 Å². The Bertz CT molecular complexity index is 429. The number of halogens is 3. The lowest BCUT2D eigenvalue weighted by Gasteiger charge is -2.23. The highest BCUT2D eigenvalue weighted by molar-refractivity contribution is 5.39. The van der Waals surface area contributed by atoms with Gasteiger partial charge in [-0.05, 0) is 36.2 Å². The van der Waals surface area contributed by atoms with Crippen LogP contribution in [0.3, 0.4) is 0 Å². The highest BCUT2D eigenvalue weighted by Crippen LogP contribution is 2.37. The summed E-state index contributed by atoms with van der Waals surface area (Å²) in [6.45, 7) is 3.97. The summed E-state index contributed by atoms with van der Waals surface area (Å²) >= 11 is 0. The first-order valence-corrected chi connectivity index (χ1v) is 6.11. The summed E-state index contributed by atoms with van der Waals surface area (Å²) in [6, 6.07) is 3.91. The Kier molecular flexibility index (Phi) is 3.64. The van der Waals surface area contributed by atoms with Gasteiger partial charge in [-0.3, -0.25) is 4.90 Å². The third kappa shape index (κ3) is 2.37. The van der Waals surface area contributed by atoms with Crippen molar-refractivity contribution in [2.24, 2.45) is 5.73 Å². The SMILES string of the molecule is CCCN1Cc2ccc(C(F)(F)F)cc2C1CN. The van der Waals surface area contributed by atoms with Crippen molar-refractivity contribution in [3.63, 3.8) is 0 Å². The molecular weight excluding hydrogens is 241 g/mol. The average Bonchev–Trinajstić information content (AvgIpc) is 2.64. The van der Waals surface area contributed by atoms with Crippen LogP contribution in [0.2, 0.25) is 0 Å². The summed E-state index contributed by atoms with van der Waals surface area (Å²) in [6.07, 6.45) is -3.32. The zero-order valence-electron chi connectivity index (χ0n) is 10.3. The second-order valence-electron chi connectivity index (χ2n) is 4.63. The van der Waals surface area contributed by atoms with Crippen LogP contribution in [0, 0.1) is 0 Å². The summed E-state index contributed by atoms with van der Waals surface area (Å²) in [5.74, 6) is 0. The fourth-order valence-corrected chi connectivity index (χ4v) is 2.55. The van der Waals surface area contributed by atoms with Gasteiger partial charge in [0.2, 0.25) is 0 Å². The molecule has 0 bridgehead atoms. The lowest BCUT2D eigenvalue weighted by Crippen LogP contribution is -2.28. The van der Waals surface area contributed by atoms with E-state index >= 15 is 0 Å². The van der Waals surface area contributed by atoms with Gasteiger partial charge in [0.25, 0.3) is 0 Å². The zero-order valence-corrected chi connectivity index (χ0v) is 10.3. The van der Waals surface area contributed by atoms with Crippen molar-refractivity contribution in [3.8, 4) is 0 Å². The molecule has 18 heavy (non-hydrogen) atoms. The van der Waals surface area contributed by atoms with E-state index < -0.39 is 11.7 Å². The Hall–Kier alpha value is -1.07. The van der Waals surface area contributed by atoms with E-state index in [1.807, 2.05) is 0 Å². The maximum absolute atomic E-state index is 12.7. The van der Waals surface area contributed by atoms with E-state index in [4.69, 9.17) is 5.73 Å². The number of nitrogens with two attached hydrogens (primary N) is 1. The van der Waals surface area contributed by atoms with Crippen LogP contribution < -0.4 is 5.73 Å². The molecule has 1 atom stereocenters. The van der Waals surface area contributed by atoms with Crippen molar-refractivity contribution in [2.45, 2.75) is 32.1 Å². The first-order chi connectivity index (χ1) is 8.47. The molecule has 2 N–H and O–H groups in total. The normalized spacial score (nSPS) is 20.2. The molecule has 0 saturated heterocycles. The van der Waals surface area contributed by atoms with Crippen LogP contribution in [-0.2, 0) is 12.7 Å². The van der Waals surface area contributed by atoms with Crippen molar-refractivity contribution in [2.75, 3.05) is 13.1 Å². The zero-order chi connectivity index (χ0) is 13.3. The Morgan fingerprint density at radius 2 is 2.11 bits per heavy atom. The second kappa shape index (κ2) is 4.90. The molecule has 1 aromatic rings. The van der Waals surface area contributed by atoms with E-state index in [9.17, 15) is 13.2 Å². The number of hydrogen-bond donors (Lipinski definition) is 1. The third-order valence-corrected chi connectivity index (χ3v) is 3.38. The highest BCUT2D eigenvalue weighted by atomic mass is 19.4. The molecule has 1 aliphatic heterocycles. The number of hydrogen-bond acceptors (Lipinski definition) is 2. The van der Waals surface area contributed by atoms with Crippen molar-refractivity contribution in [1.29, 1.82) is 0 Å². The van der Waals surface area contributed by atoms with Crippen molar-refractivity contribution < 1.29 is 13.2 Å². The Morgan fingerprint density at radius 3 is 2.67 bits per heavy atom. The lowest BCUT2D eigenvalue weighted by atomic mass is 10.0. The van der Waals surface area contributed by atoms with Gasteiger partial charge in [0, 0.05) is 19.1 Å². The summed E-state index contributed by atoms with van der Waals surface area (Å²) < 4.78 is 38.1. The molecule has 2 rings (SSSR count). The van der Waals surface area contributed by atoms with Gasteiger partial charge >= 0.3 is 6.18 Å². The summed E-state index contributed by atoms with van der Waals surface area (Å²) in [7, 11) is 0. The van der Waals surface area contributed by atoms with E-state index in [2.05, 4.69) is 11.8 Å². The first-order valence-electron chi connectivity index (χ1n) is 6.11. The number of rotatable bonds is 3. The molecule has 0 radical (unpaired) electrons. The maximum Gasteiger partial charge on any atom is 0.416 e. The van der Waals surface area contributed by atoms with E-state index in [-0.39, 0.29) is 6.04 Å². The van der Waals surface area contributed by atoms with Crippen molar-refractivity contribution >= 4 is 0 Å². The van der Waals surface area contributed by atoms with E-state index in [1.165, 1.54) is 6.07 Å². The Balaban J connectivity index is 2.34. The largest absolute Gasteiger partial charge is 0.416 e. The molecule has 100 valence electrons. The Morgan fingerprint density at radius 1 is 1.39 bits per heavy atom. The van der Waals surface area contributed by atoms with Crippen LogP contribution in [0.4, 0.5) is 13.2 Å². The van der Waals surface area contributed by atoms with Crippen LogP contribution in [-0.4, -0.2) is 18.0 Å². The van der Waals surface area contributed by atoms with Gasteiger partial charge < -0.3 is 5.73 Å². The van der Waals surface area contributed by atoms with Gasteiger partial charge in [0.05, 0.1) is 5.56 Å². The molecule has 0 aliphatic carbocycles. The van der Waals surface area contributed by atoms with Gasteiger partial charge in [-0.25, -0.2) is 0 Å². The number of fused-ring (bicyclic) bond motifs is 1. The van der Waals surface area contributed by atoms with E-state index in [0.29, 0.717) is 13.1 Å². The highest BCUT2D eigenvalue weighted by Gasteiger charge is 2.34. The lowest BCUT2D eigenvalue weighted by molar-refractivity contribution is -0.137. The van der Waals surface area contributed by atoms with Crippen LogP contribution in [0.1, 0.15) is 36.1 Å². The predicted octanol–water partition coefficient (Wildman–Crippen LogP) is 2.93. The van der Waals surface area contributed by atoms with Gasteiger partial charge in [-0.2, -0.15) is 13.2 Å². The van der Waals surface area contributed by atoms with Crippen LogP contribution in [0.15, 0.2) is 18.2 Å². The molecule has 5 heteroatoms. The van der Waals surface area contributed by atoms with Crippen LogP contribution in [0.5, 0.6) is 0 Å². The molecule has 0 fully saturated rings. The number of nitrogens with zero attached hydrogens (tertiary/aromatic N) is 1. The molecule has 0 aromatic heterocycles. The first kappa shape index (κ1) is 13.4. The standard InChI is InChI=1S/C13H17F3N2/c1-2-5-18-8-9-3-4-10(13(14,15)16)6-11(9)12(18)7-17/h3-4,6,12H,2,5,7-8,17H2,1H3. The molecule has 2 nitrogen and oxygen atoms in total. The number of alkyl halides is 3. The molecule has 1 aromatic carbocycles. The molecule has 1 heterocycles. The molecular formula is C13H17F3N2. The van der Waals surface area contributed by atoms with Crippen molar-refractivity contribution in [1.82, 2.24) is 4.90 Å².